The molecule has 100 valence electrons. The molecule has 0 saturated carbocycles. The van der Waals surface area contributed by atoms with Crippen LogP contribution in [0, 0.1) is 5.82 Å². The molecule has 2 aromatic rings. The van der Waals surface area contributed by atoms with Crippen molar-refractivity contribution in [3.05, 3.63) is 58.0 Å². The quantitative estimate of drug-likeness (QED) is 0.822. The van der Waals surface area contributed by atoms with Crippen molar-refractivity contribution < 1.29 is 9.18 Å². The number of hydrogen-bond donors (Lipinski definition) is 0. The Labute approximate surface area is 116 Å². The van der Waals surface area contributed by atoms with E-state index >= 15 is 0 Å². The number of halogens is 1. The first-order chi connectivity index (χ1) is 9.16. The lowest BCUT2D eigenvalue weighted by Crippen LogP contribution is -2.30. The number of carbonyl (C=O) groups is 1. The summed E-state index contributed by atoms with van der Waals surface area (Å²) in [5.74, 6) is -0.371. The minimum atomic E-state index is -0.317. The minimum Gasteiger partial charge on any atom is -0.345 e. The van der Waals surface area contributed by atoms with E-state index in [1.165, 1.54) is 10.9 Å². The van der Waals surface area contributed by atoms with Crippen LogP contribution in [0.4, 0.5) is 4.39 Å². The summed E-state index contributed by atoms with van der Waals surface area (Å²) >= 11 is 1.69. The fraction of sp³-hybridized carbons (Fsp3) is 0.267. The molecule has 0 spiro atoms. The van der Waals surface area contributed by atoms with Crippen LogP contribution in [0.5, 0.6) is 0 Å². The molecule has 0 fully saturated rings. The first-order valence-electron chi connectivity index (χ1n) is 6.16. The van der Waals surface area contributed by atoms with E-state index in [2.05, 4.69) is 6.07 Å². The number of likely N-dealkylation sites (N-methyl/N-ethyl adjacent to an activating group) is 1. The second kappa shape index (κ2) is 6.48. The van der Waals surface area contributed by atoms with Crippen LogP contribution in [0.2, 0.25) is 0 Å². The van der Waals surface area contributed by atoms with Gasteiger partial charge in [0, 0.05) is 18.5 Å². The lowest BCUT2D eigenvalue weighted by molar-refractivity contribution is -0.129. The number of thiophene rings is 1. The fourth-order valence-corrected chi connectivity index (χ4v) is 2.50. The van der Waals surface area contributed by atoms with Gasteiger partial charge in [-0.15, -0.1) is 11.3 Å². The molecule has 1 aromatic heterocycles. The first-order valence-corrected chi connectivity index (χ1v) is 7.04. The largest absolute Gasteiger partial charge is 0.345 e. The van der Waals surface area contributed by atoms with Crippen LogP contribution < -0.4 is 0 Å². The molecule has 2 nitrogen and oxygen atoms in total. The zero-order valence-electron chi connectivity index (χ0n) is 10.8. The van der Waals surface area contributed by atoms with E-state index in [1.807, 2.05) is 11.4 Å². The summed E-state index contributed by atoms with van der Waals surface area (Å²) in [6.45, 7) is 0.661. The Morgan fingerprint density at radius 1 is 1.26 bits per heavy atom. The van der Waals surface area contributed by atoms with Gasteiger partial charge in [0.25, 0.3) is 0 Å². The molecule has 1 aromatic carbocycles. The molecule has 4 heteroatoms. The van der Waals surface area contributed by atoms with Crippen molar-refractivity contribution in [1.29, 1.82) is 0 Å². The van der Waals surface area contributed by atoms with E-state index < -0.39 is 0 Å². The highest BCUT2D eigenvalue weighted by Crippen LogP contribution is 2.11. The van der Waals surface area contributed by atoms with Gasteiger partial charge in [-0.25, -0.2) is 4.39 Å². The van der Waals surface area contributed by atoms with Gasteiger partial charge in [0.15, 0.2) is 0 Å². The van der Waals surface area contributed by atoms with E-state index in [-0.39, 0.29) is 18.1 Å². The number of nitrogens with zero attached hydrogens (tertiary/aromatic N) is 1. The predicted molar refractivity (Wildman–Crippen MR) is 75.8 cm³/mol. The minimum absolute atomic E-state index is 0.0540. The Hall–Kier alpha value is -1.68. The van der Waals surface area contributed by atoms with E-state index in [1.54, 1.807) is 41.5 Å². The molecule has 19 heavy (non-hydrogen) atoms. The van der Waals surface area contributed by atoms with E-state index in [4.69, 9.17) is 0 Å². The summed E-state index contributed by atoms with van der Waals surface area (Å²) in [5.41, 5.74) is 0.454. The fourth-order valence-electron chi connectivity index (χ4n) is 1.80. The van der Waals surface area contributed by atoms with Crippen LogP contribution in [0.25, 0.3) is 0 Å². The molecule has 1 heterocycles. The maximum absolute atomic E-state index is 13.5. The van der Waals surface area contributed by atoms with Gasteiger partial charge in [0.2, 0.25) is 5.91 Å². The second-order valence-electron chi connectivity index (χ2n) is 4.41. The van der Waals surface area contributed by atoms with Gasteiger partial charge in [-0.1, -0.05) is 24.3 Å². The molecule has 0 aliphatic carbocycles. The number of carbonyl (C=O) groups excluding carboxylic acids is 1. The summed E-state index contributed by atoms with van der Waals surface area (Å²) in [7, 11) is 1.76. The Balaban J connectivity index is 1.87. The average molecular weight is 277 g/mol. The normalized spacial score (nSPS) is 10.4. The summed E-state index contributed by atoms with van der Waals surface area (Å²) in [4.78, 5) is 14.9. The molecule has 0 bridgehead atoms. The maximum Gasteiger partial charge on any atom is 0.226 e. The van der Waals surface area contributed by atoms with Gasteiger partial charge >= 0.3 is 0 Å². The SMILES string of the molecule is CN(CCc1cccs1)C(=O)Cc1ccccc1F. The van der Waals surface area contributed by atoms with Crippen LogP contribution in [-0.2, 0) is 17.6 Å². The van der Waals surface area contributed by atoms with Gasteiger partial charge in [-0.3, -0.25) is 4.79 Å². The molecule has 0 radical (unpaired) electrons. The molecule has 1 amide bonds. The third-order valence-corrected chi connectivity index (χ3v) is 3.94. The lowest BCUT2D eigenvalue weighted by atomic mass is 10.1. The van der Waals surface area contributed by atoms with Gasteiger partial charge < -0.3 is 4.90 Å². The van der Waals surface area contributed by atoms with Crippen molar-refractivity contribution in [1.82, 2.24) is 4.90 Å². The van der Waals surface area contributed by atoms with Crippen LogP contribution >= 0.6 is 11.3 Å². The van der Waals surface area contributed by atoms with E-state index in [0.29, 0.717) is 12.1 Å². The molecule has 0 saturated heterocycles. The highest BCUT2D eigenvalue weighted by Gasteiger charge is 2.12. The van der Waals surface area contributed by atoms with Crippen LogP contribution in [-0.4, -0.2) is 24.4 Å². The zero-order chi connectivity index (χ0) is 13.7. The molecular weight excluding hydrogens is 261 g/mol. The van der Waals surface area contributed by atoms with Gasteiger partial charge in [-0.05, 0) is 29.5 Å². The Morgan fingerprint density at radius 2 is 2.05 bits per heavy atom. The van der Waals surface area contributed by atoms with Gasteiger partial charge in [-0.2, -0.15) is 0 Å². The number of hydrogen-bond acceptors (Lipinski definition) is 2. The molecule has 0 aliphatic heterocycles. The van der Waals surface area contributed by atoms with Crippen molar-refractivity contribution in [2.24, 2.45) is 0 Å². The Bertz CT molecular complexity index is 539. The van der Waals surface area contributed by atoms with Crippen molar-refractivity contribution in [3.8, 4) is 0 Å². The monoisotopic (exact) mass is 277 g/mol. The third kappa shape index (κ3) is 3.89. The summed E-state index contributed by atoms with van der Waals surface area (Å²) in [6, 6.07) is 10.5. The summed E-state index contributed by atoms with van der Waals surface area (Å²) in [6.07, 6.45) is 0.963. The van der Waals surface area contributed by atoms with Crippen LogP contribution in [0.1, 0.15) is 10.4 Å². The highest BCUT2D eigenvalue weighted by atomic mass is 32.1. The molecule has 0 atom stereocenters. The zero-order valence-corrected chi connectivity index (χ0v) is 11.6. The topological polar surface area (TPSA) is 20.3 Å². The maximum atomic E-state index is 13.5. The van der Waals surface area contributed by atoms with E-state index in [0.717, 1.165) is 6.42 Å². The summed E-state index contributed by atoms with van der Waals surface area (Å²) < 4.78 is 13.5. The lowest BCUT2D eigenvalue weighted by Gasteiger charge is -2.16. The first kappa shape index (κ1) is 13.7. The number of rotatable bonds is 5. The third-order valence-electron chi connectivity index (χ3n) is 3.00. The van der Waals surface area contributed by atoms with Crippen molar-refractivity contribution in [3.63, 3.8) is 0 Å². The molecule has 2 rings (SSSR count). The number of benzene rings is 1. The Morgan fingerprint density at radius 3 is 2.74 bits per heavy atom. The van der Waals surface area contributed by atoms with Crippen molar-refractivity contribution in [2.75, 3.05) is 13.6 Å². The predicted octanol–water partition coefficient (Wildman–Crippen LogP) is 3.13. The Kier molecular flexibility index (Phi) is 4.68. The smallest absolute Gasteiger partial charge is 0.226 e. The highest BCUT2D eigenvalue weighted by molar-refractivity contribution is 7.09. The molecule has 0 aliphatic rings. The molecular formula is C15H16FNOS. The van der Waals surface area contributed by atoms with Crippen molar-refractivity contribution in [2.45, 2.75) is 12.8 Å². The van der Waals surface area contributed by atoms with E-state index in [9.17, 15) is 9.18 Å². The van der Waals surface area contributed by atoms with Crippen LogP contribution in [0.15, 0.2) is 41.8 Å². The molecule has 0 unspecified atom stereocenters. The van der Waals surface area contributed by atoms with Crippen molar-refractivity contribution >= 4 is 17.2 Å². The summed E-state index contributed by atoms with van der Waals surface area (Å²) in [5, 5.41) is 2.02. The number of amides is 1. The van der Waals surface area contributed by atoms with Gasteiger partial charge in [0.05, 0.1) is 6.42 Å². The second-order valence-corrected chi connectivity index (χ2v) is 5.45. The molecule has 0 N–H and O–H groups in total. The van der Waals surface area contributed by atoms with Crippen LogP contribution in [0.3, 0.4) is 0 Å². The average Bonchev–Trinajstić information content (AvgIpc) is 2.91. The van der Waals surface area contributed by atoms with Gasteiger partial charge in [0.1, 0.15) is 5.82 Å². The standard InChI is InChI=1S/C15H16FNOS/c1-17(9-8-13-6-4-10-19-13)15(18)11-12-5-2-3-7-14(12)16/h2-7,10H,8-9,11H2,1H3.